The number of nitrogens with two attached hydrogens (primary N) is 1. The molecule has 2 fully saturated rings. The Bertz CT molecular complexity index is 1280. The van der Waals surface area contributed by atoms with Crippen LogP contribution in [0.5, 0.6) is 5.75 Å². The van der Waals surface area contributed by atoms with E-state index in [1.807, 2.05) is 12.1 Å². The van der Waals surface area contributed by atoms with Gasteiger partial charge in [-0.05, 0) is 87.8 Å². The number of nitriles is 1. The highest BCUT2D eigenvalue weighted by atomic mass is 32.2. The monoisotopic (exact) mass is 583 g/mol. The molecule has 1 unspecified atom stereocenters. The van der Waals surface area contributed by atoms with Crippen LogP contribution in [0.1, 0.15) is 75.8 Å². The van der Waals surface area contributed by atoms with E-state index in [0.717, 1.165) is 44.5 Å². The van der Waals surface area contributed by atoms with Crippen LogP contribution < -0.4 is 21.1 Å². The average molecular weight is 584 g/mol. The Kier molecular flexibility index (Phi) is 11.2. The van der Waals surface area contributed by atoms with Crippen LogP contribution in [0.2, 0.25) is 0 Å². The van der Waals surface area contributed by atoms with E-state index in [1.165, 1.54) is 31.9 Å². The van der Waals surface area contributed by atoms with Crippen LogP contribution in [0.4, 0.5) is 11.8 Å². The van der Waals surface area contributed by atoms with Gasteiger partial charge in [-0.15, -0.1) is 0 Å². The van der Waals surface area contributed by atoms with Crippen molar-refractivity contribution in [1.82, 2.24) is 15.3 Å². The zero-order valence-corrected chi connectivity index (χ0v) is 24.9. The predicted octanol–water partition coefficient (Wildman–Crippen LogP) is 4.35. The Morgan fingerprint density at radius 2 is 1.68 bits per heavy atom. The molecule has 0 saturated heterocycles. The smallest absolute Gasteiger partial charge is 0.224 e. The van der Waals surface area contributed by atoms with Crippen LogP contribution in [0.25, 0.3) is 0 Å². The number of para-hydroxylation sites is 1. The lowest BCUT2D eigenvalue weighted by atomic mass is 9.73. The first kappa shape index (κ1) is 31.0. The molecule has 1 heterocycles. The second kappa shape index (κ2) is 14.8. The zero-order chi connectivity index (χ0) is 29.2. The lowest BCUT2D eigenvalue weighted by molar-refractivity contribution is 0.186. The Labute approximate surface area is 244 Å². The molecule has 4 rings (SSSR count). The van der Waals surface area contributed by atoms with Crippen molar-refractivity contribution >= 4 is 21.8 Å². The summed E-state index contributed by atoms with van der Waals surface area (Å²) in [6.07, 6.45) is 10.6. The molecule has 2 aromatic rings. The normalized spacial score (nSPS) is 24.9. The molecule has 1 aromatic heterocycles. The second-order valence-electron chi connectivity index (χ2n) is 11.9. The number of hydrogen-bond acceptors (Lipinski definition) is 9. The molecule has 6 N–H and O–H groups in total. The van der Waals surface area contributed by atoms with Crippen molar-refractivity contribution in [2.24, 2.45) is 28.8 Å². The van der Waals surface area contributed by atoms with Crippen molar-refractivity contribution in [3.05, 3.63) is 41.6 Å². The number of phenolic OH excluding ortho intramolecular Hbond substituents is 1. The van der Waals surface area contributed by atoms with E-state index < -0.39 is 10.0 Å². The number of sulfonamides is 1. The van der Waals surface area contributed by atoms with Crippen molar-refractivity contribution in [3.8, 4) is 11.8 Å². The number of aromatic nitrogens is 2. The summed E-state index contributed by atoms with van der Waals surface area (Å²) in [5.74, 6) is 3.42. The van der Waals surface area contributed by atoms with Gasteiger partial charge in [-0.1, -0.05) is 38.0 Å². The van der Waals surface area contributed by atoms with Crippen molar-refractivity contribution < 1.29 is 13.5 Å². The van der Waals surface area contributed by atoms with E-state index >= 15 is 0 Å². The summed E-state index contributed by atoms with van der Waals surface area (Å²) in [7, 11) is -3.42. The summed E-state index contributed by atoms with van der Waals surface area (Å²) < 4.78 is 23.3. The number of hydrogen-bond donors (Lipinski definition) is 5. The van der Waals surface area contributed by atoms with Gasteiger partial charge in [-0.2, -0.15) is 10.2 Å². The third-order valence-corrected chi connectivity index (χ3v) is 10.1. The number of primary sulfonamides is 1. The molecule has 3 atom stereocenters. The van der Waals surface area contributed by atoms with Gasteiger partial charge in [0, 0.05) is 18.7 Å². The first-order valence-corrected chi connectivity index (χ1v) is 16.6. The number of benzene rings is 1. The van der Waals surface area contributed by atoms with Crippen LogP contribution in [0.15, 0.2) is 30.5 Å². The third kappa shape index (κ3) is 9.28. The minimum absolute atomic E-state index is 0.212. The quantitative estimate of drug-likeness (QED) is 0.230. The van der Waals surface area contributed by atoms with Gasteiger partial charge >= 0.3 is 0 Å². The Hall–Kier alpha value is -2.94. The highest BCUT2D eigenvalue weighted by Gasteiger charge is 2.30. The Balaban J connectivity index is 1.29. The second-order valence-corrected chi connectivity index (χ2v) is 13.8. The van der Waals surface area contributed by atoms with Gasteiger partial charge in [0.25, 0.3) is 0 Å². The maximum atomic E-state index is 11.6. The fourth-order valence-electron chi connectivity index (χ4n) is 6.60. The highest BCUT2D eigenvalue weighted by molar-refractivity contribution is 7.89. The van der Waals surface area contributed by atoms with E-state index in [1.54, 1.807) is 12.1 Å². The van der Waals surface area contributed by atoms with Gasteiger partial charge in [-0.3, -0.25) is 0 Å². The van der Waals surface area contributed by atoms with E-state index in [-0.39, 0.29) is 11.0 Å². The maximum absolute atomic E-state index is 11.6. The number of nitrogens with one attached hydrogen (secondary N) is 3. The van der Waals surface area contributed by atoms with Crippen LogP contribution in [-0.2, 0) is 16.6 Å². The van der Waals surface area contributed by atoms with Gasteiger partial charge in [0.05, 0.1) is 11.4 Å². The molecule has 41 heavy (non-hydrogen) atoms. The highest BCUT2D eigenvalue weighted by Crippen LogP contribution is 2.36. The molecule has 2 aliphatic rings. The lowest BCUT2D eigenvalue weighted by Gasteiger charge is -2.36. The largest absolute Gasteiger partial charge is 0.508 e. The summed E-state index contributed by atoms with van der Waals surface area (Å²) in [5.41, 5.74) is 1.16. The summed E-state index contributed by atoms with van der Waals surface area (Å²) >= 11 is 0. The van der Waals surface area contributed by atoms with Gasteiger partial charge in [-0.25, -0.2) is 18.5 Å². The average Bonchev–Trinajstić information content (AvgIpc) is 2.95. The molecule has 0 aliphatic heterocycles. The van der Waals surface area contributed by atoms with Crippen LogP contribution >= 0.6 is 0 Å². The zero-order valence-electron chi connectivity index (χ0n) is 24.1. The van der Waals surface area contributed by atoms with E-state index in [0.29, 0.717) is 60.4 Å². The first-order valence-electron chi connectivity index (χ1n) is 15.0. The molecule has 2 saturated carbocycles. The van der Waals surface area contributed by atoms with Gasteiger partial charge in [0.15, 0.2) is 0 Å². The predicted molar refractivity (Wildman–Crippen MR) is 162 cm³/mol. The summed E-state index contributed by atoms with van der Waals surface area (Å²) in [6.45, 7) is 5.28. The molecule has 0 bridgehead atoms. The van der Waals surface area contributed by atoms with Crippen LogP contribution in [0.3, 0.4) is 0 Å². The van der Waals surface area contributed by atoms with Crippen molar-refractivity contribution in [2.75, 3.05) is 30.3 Å². The first-order chi connectivity index (χ1) is 19.7. The van der Waals surface area contributed by atoms with E-state index in [9.17, 15) is 18.8 Å². The topological polar surface area (TPSA) is 166 Å². The summed E-state index contributed by atoms with van der Waals surface area (Å²) in [4.78, 5) is 8.85. The molecule has 224 valence electrons. The van der Waals surface area contributed by atoms with Gasteiger partial charge < -0.3 is 21.1 Å². The number of nitrogens with zero attached hydrogens (tertiary/aromatic N) is 3. The minimum Gasteiger partial charge on any atom is -0.508 e. The molecular formula is C30H45N7O3S. The Morgan fingerprint density at radius 1 is 1.00 bits per heavy atom. The molecule has 1 aromatic carbocycles. The number of phenols is 1. The standard InChI is InChI=1S/C30H45N7O3S/c1-2-5-22-12-23(17-33-16-21-8-10-27(11-9-21)41(32,39)40)14-24(13-22)18-34-29-26(15-31)20-36-30(37-29)35-19-25-6-3-4-7-28(25)38/h3-4,6-7,20-24,27,33,38H,2,5,8-14,16-19H2,1H3,(H2,32,39,40)(H2,34,35,36,37)/t21-,22?,23-,24-,27-/m1/s1. The van der Waals surface area contributed by atoms with Gasteiger partial charge in [0.1, 0.15) is 23.2 Å². The summed E-state index contributed by atoms with van der Waals surface area (Å²) in [6, 6.07) is 9.32. The fraction of sp³-hybridized carbons (Fsp3) is 0.633. The SMILES string of the molecule is CCCC1C[C@@H](CNC[C@H]2CC[C@H](S(N)(=O)=O)CC2)C[C@H](CNc2nc(NCc3ccccc3O)ncc2C#N)C1. The molecule has 11 heteroatoms. The van der Waals surface area contributed by atoms with Crippen molar-refractivity contribution in [3.63, 3.8) is 0 Å². The van der Waals surface area contributed by atoms with Crippen LogP contribution in [-0.4, -0.2) is 48.4 Å². The molecule has 10 nitrogen and oxygen atoms in total. The lowest BCUT2D eigenvalue weighted by Crippen LogP contribution is -2.37. The van der Waals surface area contributed by atoms with Crippen molar-refractivity contribution in [1.29, 1.82) is 5.26 Å². The molecule has 2 aliphatic carbocycles. The molecule has 0 radical (unpaired) electrons. The molecule has 0 amide bonds. The molecular weight excluding hydrogens is 538 g/mol. The fourth-order valence-corrected chi connectivity index (χ4v) is 7.52. The Morgan fingerprint density at radius 3 is 2.37 bits per heavy atom. The maximum Gasteiger partial charge on any atom is 0.224 e. The van der Waals surface area contributed by atoms with Crippen molar-refractivity contribution in [2.45, 2.75) is 76.5 Å². The number of anilines is 2. The van der Waals surface area contributed by atoms with E-state index in [2.05, 4.69) is 38.9 Å². The van der Waals surface area contributed by atoms with E-state index in [4.69, 9.17) is 5.14 Å². The third-order valence-electron chi connectivity index (χ3n) is 8.72. The van der Waals surface area contributed by atoms with Crippen LogP contribution in [0, 0.1) is 35.0 Å². The molecule has 0 spiro atoms. The minimum atomic E-state index is -3.42. The van der Waals surface area contributed by atoms with Gasteiger partial charge in [0.2, 0.25) is 16.0 Å². The number of aromatic hydroxyl groups is 1. The number of rotatable bonds is 13. The summed E-state index contributed by atoms with van der Waals surface area (Å²) in [5, 5.41) is 34.9.